The average Bonchev–Trinajstić information content (AvgIpc) is 2.84. The fraction of sp³-hybridized carbons (Fsp3) is 0.520. The molecule has 9 heteroatoms. The van der Waals surface area contributed by atoms with Gasteiger partial charge in [-0.3, -0.25) is 0 Å². The number of nitrogens with two attached hydrogens (primary N) is 1. The molecule has 0 atom stereocenters. The van der Waals surface area contributed by atoms with E-state index in [1.54, 1.807) is 27.5 Å². The van der Waals surface area contributed by atoms with Gasteiger partial charge >= 0.3 is 0 Å². The highest BCUT2D eigenvalue weighted by atomic mass is 16.5. The highest BCUT2D eigenvalue weighted by molar-refractivity contribution is 5.85. The molecule has 4 aliphatic rings. The molecule has 0 aliphatic heterocycles. The van der Waals surface area contributed by atoms with Gasteiger partial charge in [-0.2, -0.15) is 9.97 Å². The van der Waals surface area contributed by atoms with Gasteiger partial charge in [-0.25, -0.2) is 9.97 Å². The molecule has 9 nitrogen and oxygen atoms in total. The van der Waals surface area contributed by atoms with Crippen molar-refractivity contribution in [3.63, 3.8) is 0 Å². The summed E-state index contributed by atoms with van der Waals surface area (Å²) in [5.41, 5.74) is 8.61. The topological polar surface area (TPSA) is 117 Å². The molecule has 2 aromatic heterocycles. The zero-order valence-corrected chi connectivity index (χ0v) is 19.7. The van der Waals surface area contributed by atoms with Crippen LogP contribution in [0.3, 0.4) is 0 Å². The van der Waals surface area contributed by atoms with Crippen LogP contribution in [0.2, 0.25) is 0 Å². The normalized spacial score (nSPS) is 27.1. The molecule has 7 rings (SSSR count). The van der Waals surface area contributed by atoms with Gasteiger partial charge in [0.25, 0.3) is 0 Å². The van der Waals surface area contributed by atoms with E-state index in [1.807, 2.05) is 12.1 Å². The Labute approximate surface area is 198 Å². The van der Waals surface area contributed by atoms with E-state index in [-0.39, 0.29) is 5.95 Å². The summed E-state index contributed by atoms with van der Waals surface area (Å²) in [5, 5.41) is 3.75. The second-order valence-electron chi connectivity index (χ2n) is 9.87. The van der Waals surface area contributed by atoms with Crippen molar-refractivity contribution in [1.82, 2.24) is 19.9 Å². The molecular weight excluding hydrogens is 432 g/mol. The number of anilines is 2. The van der Waals surface area contributed by atoms with Crippen LogP contribution in [-0.4, -0.2) is 47.3 Å². The first-order chi connectivity index (χ1) is 16.6. The summed E-state index contributed by atoms with van der Waals surface area (Å²) in [6, 6.07) is 4.12. The highest BCUT2D eigenvalue weighted by Gasteiger charge is 2.48. The van der Waals surface area contributed by atoms with Crippen molar-refractivity contribution in [2.75, 3.05) is 32.4 Å². The van der Waals surface area contributed by atoms with E-state index >= 15 is 0 Å². The molecule has 4 bridgehead atoms. The quantitative estimate of drug-likeness (QED) is 0.562. The summed E-state index contributed by atoms with van der Waals surface area (Å²) in [7, 11) is 4.77. The molecule has 4 aliphatic carbocycles. The Hall–Kier alpha value is -3.36. The molecule has 178 valence electrons. The summed E-state index contributed by atoms with van der Waals surface area (Å²) >= 11 is 0. The zero-order valence-electron chi connectivity index (χ0n) is 19.7. The van der Waals surface area contributed by atoms with Crippen LogP contribution in [0.15, 0.2) is 18.3 Å². The van der Waals surface area contributed by atoms with Crippen LogP contribution in [0.5, 0.6) is 17.2 Å². The molecule has 0 radical (unpaired) electrons. The van der Waals surface area contributed by atoms with Crippen molar-refractivity contribution < 1.29 is 14.2 Å². The van der Waals surface area contributed by atoms with E-state index in [0.717, 1.165) is 17.4 Å². The zero-order chi connectivity index (χ0) is 23.4. The van der Waals surface area contributed by atoms with Gasteiger partial charge in [0.05, 0.1) is 33.2 Å². The third-order valence-corrected chi connectivity index (χ3v) is 7.91. The van der Waals surface area contributed by atoms with Crippen molar-refractivity contribution in [3.8, 4) is 28.5 Å². The molecule has 0 saturated heterocycles. The van der Waals surface area contributed by atoms with E-state index in [1.165, 1.54) is 32.1 Å². The number of nitrogens with one attached hydrogen (secondary N) is 1. The van der Waals surface area contributed by atoms with E-state index < -0.39 is 0 Å². The van der Waals surface area contributed by atoms with Gasteiger partial charge in [-0.15, -0.1) is 0 Å². The molecule has 2 heterocycles. The molecule has 1 aromatic carbocycles. The molecule has 3 N–H and O–H groups in total. The highest BCUT2D eigenvalue weighted by Crippen LogP contribution is 2.54. The van der Waals surface area contributed by atoms with Crippen LogP contribution in [-0.2, 0) is 0 Å². The van der Waals surface area contributed by atoms with Gasteiger partial charge in [-0.1, -0.05) is 0 Å². The standard InChI is InChI=1S/C25H30N6O3/c1-32-18-9-14(10-19(33-2)22(18)34-3)17-11-27-23-21(28-17)24(31-25(26)30-23)29-20-15-5-12-4-13(7-15)8-16(20)6-12/h9-13,15-16,20H,4-8H2,1-3H3,(H3,26,27,29,30,31). The summed E-state index contributed by atoms with van der Waals surface area (Å²) in [5.74, 6) is 5.69. The van der Waals surface area contributed by atoms with Crippen LogP contribution in [0.25, 0.3) is 22.4 Å². The van der Waals surface area contributed by atoms with Crippen molar-refractivity contribution in [2.24, 2.45) is 23.7 Å². The van der Waals surface area contributed by atoms with Crippen LogP contribution >= 0.6 is 0 Å². The Morgan fingerprint density at radius 2 is 1.50 bits per heavy atom. The van der Waals surface area contributed by atoms with Crippen LogP contribution in [0, 0.1) is 23.7 Å². The Morgan fingerprint density at radius 3 is 2.09 bits per heavy atom. The van der Waals surface area contributed by atoms with Gasteiger partial charge in [0, 0.05) is 11.6 Å². The Kier molecular flexibility index (Phi) is 5.08. The van der Waals surface area contributed by atoms with Gasteiger partial charge in [0.2, 0.25) is 11.7 Å². The summed E-state index contributed by atoms with van der Waals surface area (Å²) in [4.78, 5) is 18.4. The molecule has 4 fully saturated rings. The molecule has 3 aromatic rings. The SMILES string of the molecule is COc1cc(-c2cnc3nc(N)nc(NC4C5CC6CC(C5)CC4C6)c3n2)cc(OC)c1OC. The molecule has 0 amide bonds. The van der Waals surface area contributed by atoms with E-state index in [2.05, 4.69) is 20.3 Å². The molecule has 0 spiro atoms. The molecular formula is C25H30N6O3. The van der Waals surface area contributed by atoms with Gasteiger partial charge in [0.15, 0.2) is 28.5 Å². The van der Waals surface area contributed by atoms with Crippen LogP contribution in [0.4, 0.5) is 11.8 Å². The lowest BCUT2D eigenvalue weighted by Gasteiger charge is -2.54. The van der Waals surface area contributed by atoms with Crippen molar-refractivity contribution in [1.29, 1.82) is 0 Å². The second kappa shape index (κ2) is 8.14. The van der Waals surface area contributed by atoms with Crippen molar-refractivity contribution in [2.45, 2.75) is 38.1 Å². The second-order valence-corrected chi connectivity index (χ2v) is 9.87. The minimum Gasteiger partial charge on any atom is -0.493 e. The lowest BCUT2D eigenvalue weighted by molar-refractivity contribution is 0.00746. The summed E-state index contributed by atoms with van der Waals surface area (Å²) in [6.07, 6.45) is 8.35. The first kappa shape index (κ1) is 21.2. The predicted octanol–water partition coefficient (Wildman–Crippen LogP) is 3.93. The number of benzene rings is 1. The Balaban J connectivity index is 1.40. The largest absolute Gasteiger partial charge is 0.493 e. The third-order valence-electron chi connectivity index (χ3n) is 7.91. The number of nitrogen functional groups attached to an aromatic ring is 1. The number of methoxy groups -OCH3 is 3. The lowest BCUT2D eigenvalue weighted by atomic mass is 9.54. The summed E-state index contributed by atoms with van der Waals surface area (Å²) in [6.45, 7) is 0. The first-order valence-electron chi connectivity index (χ1n) is 11.9. The van der Waals surface area contributed by atoms with Gasteiger partial charge in [0.1, 0.15) is 0 Å². The minimum absolute atomic E-state index is 0.202. The van der Waals surface area contributed by atoms with E-state index in [9.17, 15) is 0 Å². The number of hydrogen-bond donors (Lipinski definition) is 2. The third kappa shape index (κ3) is 3.45. The number of rotatable bonds is 6. The maximum atomic E-state index is 6.05. The fourth-order valence-corrected chi connectivity index (χ4v) is 6.71. The smallest absolute Gasteiger partial charge is 0.224 e. The maximum Gasteiger partial charge on any atom is 0.224 e. The Bertz CT molecular complexity index is 1200. The molecule has 0 unspecified atom stereocenters. The Morgan fingerprint density at radius 1 is 0.853 bits per heavy atom. The maximum absolute atomic E-state index is 6.05. The minimum atomic E-state index is 0.202. The van der Waals surface area contributed by atoms with E-state index in [0.29, 0.717) is 57.8 Å². The number of hydrogen-bond acceptors (Lipinski definition) is 9. The molecule has 4 saturated carbocycles. The van der Waals surface area contributed by atoms with Crippen molar-refractivity contribution in [3.05, 3.63) is 18.3 Å². The monoisotopic (exact) mass is 462 g/mol. The van der Waals surface area contributed by atoms with Crippen LogP contribution in [0.1, 0.15) is 32.1 Å². The average molecular weight is 463 g/mol. The number of nitrogens with zero attached hydrogens (tertiary/aromatic N) is 4. The lowest BCUT2D eigenvalue weighted by Crippen LogP contribution is -2.51. The predicted molar refractivity (Wildman–Crippen MR) is 129 cm³/mol. The fourth-order valence-electron chi connectivity index (χ4n) is 6.71. The van der Waals surface area contributed by atoms with Crippen LogP contribution < -0.4 is 25.3 Å². The summed E-state index contributed by atoms with van der Waals surface area (Å²) < 4.78 is 16.5. The van der Waals surface area contributed by atoms with E-state index in [4.69, 9.17) is 24.9 Å². The number of fused-ring (bicyclic) bond motifs is 1. The van der Waals surface area contributed by atoms with Gasteiger partial charge in [-0.05, 0) is 67.9 Å². The number of aromatic nitrogens is 4. The first-order valence-corrected chi connectivity index (χ1v) is 11.9. The van der Waals surface area contributed by atoms with Crippen molar-refractivity contribution >= 4 is 22.9 Å². The number of ether oxygens (including phenoxy) is 3. The van der Waals surface area contributed by atoms with Gasteiger partial charge < -0.3 is 25.3 Å². The molecule has 34 heavy (non-hydrogen) atoms.